The molecule has 1 heterocycles. The van der Waals surface area contributed by atoms with Gasteiger partial charge in [0.25, 0.3) is 11.8 Å². The van der Waals surface area contributed by atoms with Gasteiger partial charge in [-0.25, -0.2) is 0 Å². The van der Waals surface area contributed by atoms with Gasteiger partial charge in [0.05, 0.1) is 12.8 Å². The Morgan fingerprint density at radius 3 is 2.56 bits per heavy atom. The Hall–Kier alpha value is -2.70. The first kappa shape index (κ1) is 17.1. The minimum Gasteiger partial charge on any atom is -0.497 e. The van der Waals surface area contributed by atoms with E-state index in [0.717, 1.165) is 0 Å². The summed E-state index contributed by atoms with van der Waals surface area (Å²) in [5.74, 6) is -0.529. The first-order chi connectivity index (χ1) is 12.0. The molecule has 2 amide bonds. The molecule has 1 fully saturated rings. The zero-order chi connectivity index (χ0) is 18.0. The number of para-hydroxylation sites is 1. The fraction of sp³-hybridized carbons (Fsp3) is 0.0556. The maximum atomic E-state index is 12.8. The molecule has 25 heavy (non-hydrogen) atoms. The standard InChI is InChI=1S/C18H13ClN2O3S/c1-24-14-8-11(7-12(19)10-14)9-15-16(22)20-18(25)21(17(15)23)13-5-3-2-4-6-13/h2-10H,1H3,(H,20,22,25)/b15-9-. The number of nitrogens with one attached hydrogen (secondary N) is 1. The molecule has 0 aromatic heterocycles. The zero-order valence-corrected chi connectivity index (χ0v) is 14.7. The highest BCUT2D eigenvalue weighted by Gasteiger charge is 2.34. The van der Waals surface area contributed by atoms with E-state index in [9.17, 15) is 9.59 Å². The van der Waals surface area contributed by atoms with Crippen LogP contribution in [0.2, 0.25) is 5.02 Å². The van der Waals surface area contributed by atoms with Crippen molar-refractivity contribution in [2.75, 3.05) is 12.0 Å². The number of methoxy groups -OCH3 is 1. The highest BCUT2D eigenvalue weighted by molar-refractivity contribution is 7.80. The molecule has 2 aromatic carbocycles. The monoisotopic (exact) mass is 372 g/mol. The number of amides is 2. The summed E-state index contributed by atoms with van der Waals surface area (Å²) >= 11 is 11.2. The average molecular weight is 373 g/mol. The van der Waals surface area contributed by atoms with Gasteiger partial charge < -0.3 is 4.74 Å². The molecule has 5 nitrogen and oxygen atoms in total. The molecule has 0 radical (unpaired) electrons. The molecule has 0 bridgehead atoms. The fourth-order valence-corrected chi connectivity index (χ4v) is 2.94. The first-order valence-corrected chi connectivity index (χ1v) is 8.09. The number of anilines is 1. The van der Waals surface area contributed by atoms with E-state index in [2.05, 4.69) is 5.32 Å². The molecular formula is C18H13ClN2O3S. The summed E-state index contributed by atoms with van der Waals surface area (Å²) < 4.78 is 5.16. The highest BCUT2D eigenvalue weighted by atomic mass is 35.5. The number of carbonyl (C=O) groups excluding carboxylic acids is 2. The Balaban J connectivity index is 2.03. The SMILES string of the molecule is COc1cc(Cl)cc(/C=C2/C(=O)NC(=S)N(c3ccccc3)C2=O)c1. The number of carbonyl (C=O) groups is 2. The molecule has 0 aliphatic carbocycles. The fourth-order valence-electron chi connectivity index (χ4n) is 2.42. The van der Waals surface area contributed by atoms with Gasteiger partial charge in [0.15, 0.2) is 5.11 Å². The lowest BCUT2D eigenvalue weighted by molar-refractivity contribution is -0.122. The summed E-state index contributed by atoms with van der Waals surface area (Å²) in [5.41, 5.74) is 1.11. The summed E-state index contributed by atoms with van der Waals surface area (Å²) in [6.07, 6.45) is 1.46. The van der Waals surface area contributed by atoms with Gasteiger partial charge in [-0.3, -0.25) is 19.8 Å². The molecule has 1 saturated heterocycles. The number of hydrogen-bond acceptors (Lipinski definition) is 4. The van der Waals surface area contributed by atoms with Crippen molar-refractivity contribution in [1.82, 2.24) is 5.32 Å². The van der Waals surface area contributed by atoms with Crippen LogP contribution < -0.4 is 15.0 Å². The molecule has 126 valence electrons. The van der Waals surface area contributed by atoms with Crippen molar-refractivity contribution in [1.29, 1.82) is 0 Å². The number of nitrogens with zero attached hydrogens (tertiary/aromatic N) is 1. The minimum absolute atomic E-state index is 0.0400. The molecule has 0 spiro atoms. The number of ether oxygens (including phenoxy) is 1. The zero-order valence-electron chi connectivity index (χ0n) is 13.2. The maximum Gasteiger partial charge on any atom is 0.270 e. The van der Waals surface area contributed by atoms with Crippen LogP contribution in [0.3, 0.4) is 0 Å². The van der Waals surface area contributed by atoms with Crippen molar-refractivity contribution in [2.45, 2.75) is 0 Å². The number of rotatable bonds is 3. The van der Waals surface area contributed by atoms with Crippen LogP contribution in [-0.4, -0.2) is 24.0 Å². The van der Waals surface area contributed by atoms with Crippen molar-refractivity contribution in [3.05, 3.63) is 64.7 Å². The van der Waals surface area contributed by atoms with Crippen LogP contribution in [0, 0.1) is 0 Å². The quantitative estimate of drug-likeness (QED) is 0.510. The summed E-state index contributed by atoms with van der Waals surface area (Å²) in [5, 5.41) is 3.02. The Labute approximate surface area is 154 Å². The summed E-state index contributed by atoms with van der Waals surface area (Å²) in [7, 11) is 1.51. The molecule has 0 unspecified atom stereocenters. The topological polar surface area (TPSA) is 58.6 Å². The lowest BCUT2D eigenvalue weighted by Gasteiger charge is -2.28. The summed E-state index contributed by atoms with van der Waals surface area (Å²) in [6.45, 7) is 0. The second-order valence-corrected chi connectivity index (χ2v) is 6.04. The van der Waals surface area contributed by atoms with Crippen molar-refractivity contribution >= 4 is 52.5 Å². The van der Waals surface area contributed by atoms with E-state index in [1.807, 2.05) is 6.07 Å². The van der Waals surface area contributed by atoms with E-state index in [1.54, 1.807) is 42.5 Å². The van der Waals surface area contributed by atoms with Crippen molar-refractivity contribution in [3.63, 3.8) is 0 Å². The van der Waals surface area contributed by atoms with Crippen LogP contribution in [0.15, 0.2) is 54.1 Å². The lowest BCUT2D eigenvalue weighted by atomic mass is 10.1. The van der Waals surface area contributed by atoms with E-state index in [4.69, 9.17) is 28.6 Å². The van der Waals surface area contributed by atoms with Crippen molar-refractivity contribution < 1.29 is 14.3 Å². The molecule has 2 aromatic rings. The van der Waals surface area contributed by atoms with E-state index < -0.39 is 11.8 Å². The predicted molar refractivity (Wildman–Crippen MR) is 101 cm³/mol. The van der Waals surface area contributed by atoms with Crippen LogP contribution >= 0.6 is 23.8 Å². The van der Waals surface area contributed by atoms with E-state index in [1.165, 1.54) is 18.1 Å². The van der Waals surface area contributed by atoms with Gasteiger partial charge in [0.1, 0.15) is 11.3 Å². The molecule has 3 rings (SSSR count). The second kappa shape index (κ2) is 7.04. The molecule has 1 N–H and O–H groups in total. The van der Waals surface area contributed by atoms with Crippen LogP contribution in [0.5, 0.6) is 5.75 Å². The molecule has 1 aliphatic rings. The van der Waals surface area contributed by atoms with Crippen LogP contribution in [-0.2, 0) is 9.59 Å². The third-order valence-corrected chi connectivity index (χ3v) is 4.06. The molecule has 0 atom stereocenters. The second-order valence-electron chi connectivity index (χ2n) is 5.22. The van der Waals surface area contributed by atoms with Gasteiger partial charge >= 0.3 is 0 Å². The first-order valence-electron chi connectivity index (χ1n) is 7.30. The Bertz CT molecular complexity index is 896. The Morgan fingerprint density at radius 2 is 1.88 bits per heavy atom. The van der Waals surface area contributed by atoms with Gasteiger partial charge in [0.2, 0.25) is 0 Å². The number of thiocarbonyl (C=S) groups is 1. The summed E-state index contributed by atoms with van der Waals surface area (Å²) in [4.78, 5) is 26.4. The largest absolute Gasteiger partial charge is 0.497 e. The molecule has 1 aliphatic heterocycles. The Morgan fingerprint density at radius 1 is 1.16 bits per heavy atom. The van der Waals surface area contributed by atoms with Gasteiger partial charge in [-0.15, -0.1) is 0 Å². The van der Waals surface area contributed by atoms with Gasteiger partial charge in [-0.05, 0) is 54.2 Å². The van der Waals surface area contributed by atoms with E-state index in [0.29, 0.717) is 22.0 Å². The third kappa shape index (κ3) is 3.55. The normalized spacial score (nSPS) is 16.2. The van der Waals surface area contributed by atoms with E-state index in [-0.39, 0.29) is 10.7 Å². The number of hydrogen-bond donors (Lipinski definition) is 1. The molecular weight excluding hydrogens is 360 g/mol. The average Bonchev–Trinajstić information content (AvgIpc) is 2.59. The summed E-state index contributed by atoms with van der Waals surface area (Å²) in [6, 6.07) is 13.8. The Kier molecular flexibility index (Phi) is 4.83. The third-order valence-electron chi connectivity index (χ3n) is 3.56. The molecule has 0 saturated carbocycles. The van der Waals surface area contributed by atoms with E-state index >= 15 is 0 Å². The van der Waals surface area contributed by atoms with Gasteiger partial charge in [-0.1, -0.05) is 29.8 Å². The van der Waals surface area contributed by atoms with Crippen LogP contribution in [0.1, 0.15) is 5.56 Å². The number of halogens is 1. The lowest BCUT2D eigenvalue weighted by Crippen LogP contribution is -2.54. The molecule has 7 heteroatoms. The number of benzene rings is 2. The van der Waals surface area contributed by atoms with Crippen molar-refractivity contribution in [3.8, 4) is 5.75 Å². The smallest absolute Gasteiger partial charge is 0.270 e. The van der Waals surface area contributed by atoms with Gasteiger partial charge in [0, 0.05) is 5.02 Å². The van der Waals surface area contributed by atoms with Crippen LogP contribution in [0.4, 0.5) is 5.69 Å². The maximum absolute atomic E-state index is 12.8. The van der Waals surface area contributed by atoms with Gasteiger partial charge in [-0.2, -0.15) is 0 Å². The van der Waals surface area contributed by atoms with Crippen LogP contribution in [0.25, 0.3) is 6.08 Å². The predicted octanol–water partition coefficient (Wildman–Crippen LogP) is 3.18. The van der Waals surface area contributed by atoms with Crippen molar-refractivity contribution in [2.24, 2.45) is 0 Å². The minimum atomic E-state index is -0.555. The highest BCUT2D eigenvalue weighted by Crippen LogP contribution is 2.25.